The molecule has 0 aliphatic carbocycles. The lowest BCUT2D eigenvalue weighted by molar-refractivity contribution is 0.146. The lowest BCUT2D eigenvalue weighted by Crippen LogP contribution is -2.30. The van der Waals surface area contributed by atoms with E-state index in [1.54, 1.807) is 7.11 Å². The molecule has 0 saturated carbocycles. The van der Waals surface area contributed by atoms with Crippen LogP contribution in [0.1, 0.15) is 11.1 Å². The molecule has 1 aromatic rings. The van der Waals surface area contributed by atoms with Gasteiger partial charge >= 0.3 is 0 Å². The monoisotopic (exact) mass is 250 g/mol. The van der Waals surface area contributed by atoms with Gasteiger partial charge in [0.1, 0.15) is 5.75 Å². The van der Waals surface area contributed by atoms with E-state index in [0.29, 0.717) is 12.5 Å². The number of methoxy groups -OCH3 is 1. The van der Waals surface area contributed by atoms with Crippen LogP contribution in [0, 0.1) is 12.8 Å². The van der Waals surface area contributed by atoms with Crippen LogP contribution in [0.4, 0.5) is 0 Å². The van der Waals surface area contributed by atoms with Crippen LogP contribution in [0.5, 0.6) is 5.75 Å². The molecular formula is C14H22N2O2. The molecule has 3 N–H and O–H groups in total. The largest absolute Gasteiger partial charge is 0.496 e. The number of benzene rings is 1. The number of hydrogen-bond donors (Lipinski definition) is 3. The molecule has 1 fully saturated rings. The van der Waals surface area contributed by atoms with Gasteiger partial charge in [0.15, 0.2) is 0 Å². The van der Waals surface area contributed by atoms with Crippen molar-refractivity contribution in [2.45, 2.75) is 19.6 Å². The van der Waals surface area contributed by atoms with Gasteiger partial charge in [-0.05, 0) is 24.1 Å². The first-order chi connectivity index (χ1) is 8.70. The molecule has 2 rings (SSSR count). The van der Waals surface area contributed by atoms with E-state index in [9.17, 15) is 5.11 Å². The van der Waals surface area contributed by atoms with Crippen molar-refractivity contribution < 1.29 is 9.84 Å². The molecule has 1 saturated heterocycles. The maximum atomic E-state index is 9.68. The van der Waals surface area contributed by atoms with E-state index in [1.807, 2.05) is 6.92 Å². The standard InChI is InChI=1S/C14H22N2O2/c1-10-3-4-11(5-14(10)18-2)6-15-7-12-8-16-9-13(12)17/h3-5,12-13,15-17H,6-9H2,1-2H3. The molecule has 1 aliphatic rings. The lowest BCUT2D eigenvalue weighted by Gasteiger charge is -2.14. The van der Waals surface area contributed by atoms with E-state index >= 15 is 0 Å². The molecular weight excluding hydrogens is 228 g/mol. The van der Waals surface area contributed by atoms with Crippen LogP contribution in [0.25, 0.3) is 0 Å². The number of rotatable bonds is 5. The molecule has 2 unspecified atom stereocenters. The Morgan fingerprint density at radius 1 is 1.44 bits per heavy atom. The third-order valence-corrected chi connectivity index (χ3v) is 3.51. The van der Waals surface area contributed by atoms with Crippen molar-refractivity contribution in [3.63, 3.8) is 0 Å². The number of β-amino-alcohol motifs (C(OH)–C–C–N with tert-alkyl or cyclic N) is 1. The third kappa shape index (κ3) is 3.22. The summed E-state index contributed by atoms with van der Waals surface area (Å²) in [5, 5.41) is 16.3. The average molecular weight is 250 g/mol. The second kappa shape index (κ2) is 6.18. The van der Waals surface area contributed by atoms with Crippen molar-refractivity contribution in [2.24, 2.45) is 5.92 Å². The molecule has 0 aromatic heterocycles. The Bertz CT molecular complexity index is 395. The van der Waals surface area contributed by atoms with Crippen LogP contribution < -0.4 is 15.4 Å². The zero-order chi connectivity index (χ0) is 13.0. The quantitative estimate of drug-likeness (QED) is 0.719. The summed E-state index contributed by atoms with van der Waals surface area (Å²) < 4.78 is 5.30. The van der Waals surface area contributed by atoms with Crippen molar-refractivity contribution in [3.05, 3.63) is 29.3 Å². The zero-order valence-corrected chi connectivity index (χ0v) is 11.1. The predicted octanol–water partition coefficient (Wildman–Crippen LogP) is 0.674. The molecule has 0 amide bonds. The minimum Gasteiger partial charge on any atom is -0.496 e. The van der Waals surface area contributed by atoms with Gasteiger partial charge in [-0.25, -0.2) is 0 Å². The summed E-state index contributed by atoms with van der Waals surface area (Å²) in [4.78, 5) is 0. The van der Waals surface area contributed by atoms with Crippen molar-refractivity contribution in [3.8, 4) is 5.75 Å². The molecule has 18 heavy (non-hydrogen) atoms. The van der Waals surface area contributed by atoms with Crippen molar-refractivity contribution in [2.75, 3.05) is 26.7 Å². The van der Waals surface area contributed by atoms with Gasteiger partial charge in [-0.2, -0.15) is 0 Å². The first-order valence-electron chi connectivity index (χ1n) is 6.43. The second-order valence-corrected chi connectivity index (χ2v) is 4.92. The van der Waals surface area contributed by atoms with Gasteiger partial charge in [0.2, 0.25) is 0 Å². The summed E-state index contributed by atoms with van der Waals surface area (Å²) in [5.74, 6) is 1.24. The predicted molar refractivity (Wildman–Crippen MR) is 71.8 cm³/mol. The second-order valence-electron chi connectivity index (χ2n) is 4.92. The van der Waals surface area contributed by atoms with Gasteiger partial charge in [-0.3, -0.25) is 0 Å². The highest BCUT2D eigenvalue weighted by Crippen LogP contribution is 2.18. The summed E-state index contributed by atoms with van der Waals surface area (Å²) in [5.41, 5.74) is 2.36. The first kappa shape index (κ1) is 13.3. The molecule has 1 aromatic carbocycles. The number of ether oxygens (including phenoxy) is 1. The van der Waals surface area contributed by atoms with Gasteiger partial charge in [-0.15, -0.1) is 0 Å². The number of nitrogens with one attached hydrogen (secondary N) is 2. The Hall–Kier alpha value is -1.10. The molecule has 1 aliphatic heterocycles. The highest BCUT2D eigenvalue weighted by Gasteiger charge is 2.23. The number of aliphatic hydroxyl groups excluding tert-OH is 1. The molecule has 100 valence electrons. The summed E-state index contributed by atoms with van der Waals surface area (Å²) in [6, 6.07) is 6.24. The van der Waals surface area contributed by atoms with E-state index in [2.05, 4.69) is 28.8 Å². The Morgan fingerprint density at radius 3 is 2.94 bits per heavy atom. The number of aryl methyl sites for hydroxylation is 1. The van der Waals surface area contributed by atoms with Crippen molar-refractivity contribution >= 4 is 0 Å². The highest BCUT2D eigenvalue weighted by molar-refractivity contribution is 5.36. The number of hydrogen-bond acceptors (Lipinski definition) is 4. The van der Waals surface area contributed by atoms with Crippen LogP contribution in [-0.2, 0) is 6.54 Å². The van der Waals surface area contributed by atoms with Gasteiger partial charge < -0.3 is 20.5 Å². The maximum absolute atomic E-state index is 9.68. The van der Waals surface area contributed by atoms with Crippen molar-refractivity contribution in [1.29, 1.82) is 0 Å². The third-order valence-electron chi connectivity index (χ3n) is 3.51. The van der Waals surface area contributed by atoms with Crippen molar-refractivity contribution in [1.82, 2.24) is 10.6 Å². The summed E-state index contributed by atoms with van der Waals surface area (Å²) in [6.07, 6.45) is -0.218. The smallest absolute Gasteiger partial charge is 0.122 e. The Kier molecular flexibility index (Phi) is 4.58. The minimum absolute atomic E-state index is 0.218. The first-order valence-corrected chi connectivity index (χ1v) is 6.43. The van der Waals surface area contributed by atoms with Crippen LogP contribution in [0.2, 0.25) is 0 Å². The van der Waals surface area contributed by atoms with E-state index in [0.717, 1.165) is 30.9 Å². The van der Waals surface area contributed by atoms with Gasteiger partial charge in [0.25, 0.3) is 0 Å². The SMILES string of the molecule is COc1cc(CNCC2CNCC2O)ccc1C. The molecule has 0 spiro atoms. The minimum atomic E-state index is -0.218. The highest BCUT2D eigenvalue weighted by atomic mass is 16.5. The van der Waals surface area contributed by atoms with Gasteiger partial charge in [0, 0.05) is 32.1 Å². The Balaban J connectivity index is 1.83. The molecule has 2 atom stereocenters. The van der Waals surface area contributed by atoms with Gasteiger partial charge in [-0.1, -0.05) is 12.1 Å². The average Bonchev–Trinajstić information content (AvgIpc) is 2.77. The van der Waals surface area contributed by atoms with Crippen LogP contribution >= 0.6 is 0 Å². The van der Waals surface area contributed by atoms with E-state index in [-0.39, 0.29) is 6.10 Å². The molecule has 4 heteroatoms. The molecule has 0 bridgehead atoms. The number of aliphatic hydroxyl groups is 1. The van der Waals surface area contributed by atoms with E-state index in [4.69, 9.17) is 4.74 Å². The van der Waals surface area contributed by atoms with Crippen LogP contribution in [0.3, 0.4) is 0 Å². The van der Waals surface area contributed by atoms with Crippen LogP contribution in [0.15, 0.2) is 18.2 Å². The Labute approximate surface area is 108 Å². The lowest BCUT2D eigenvalue weighted by atomic mass is 10.1. The topological polar surface area (TPSA) is 53.5 Å². The summed E-state index contributed by atoms with van der Waals surface area (Å²) >= 11 is 0. The summed E-state index contributed by atoms with van der Waals surface area (Å²) in [7, 11) is 1.69. The fraction of sp³-hybridized carbons (Fsp3) is 0.571. The molecule has 0 radical (unpaired) electrons. The fourth-order valence-corrected chi connectivity index (χ4v) is 2.30. The van der Waals surface area contributed by atoms with E-state index < -0.39 is 0 Å². The van der Waals surface area contributed by atoms with E-state index in [1.165, 1.54) is 5.56 Å². The van der Waals surface area contributed by atoms with Gasteiger partial charge in [0.05, 0.1) is 13.2 Å². The fourth-order valence-electron chi connectivity index (χ4n) is 2.30. The maximum Gasteiger partial charge on any atom is 0.122 e. The molecule has 4 nitrogen and oxygen atoms in total. The summed E-state index contributed by atoms with van der Waals surface area (Å²) in [6.45, 7) is 5.29. The Morgan fingerprint density at radius 2 is 2.28 bits per heavy atom. The molecule has 1 heterocycles. The normalized spacial score (nSPS) is 23.3. The van der Waals surface area contributed by atoms with Crippen LogP contribution in [-0.4, -0.2) is 38.0 Å². The zero-order valence-electron chi connectivity index (χ0n) is 11.1.